The van der Waals surface area contributed by atoms with Gasteiger partial charge in [-0.15, -0.1) is 0 Å². The molecule has 2 aromatic carbocycles. The number of nitrogens with one attached hydrogen (secondary N) is 3. The summed E-state index contributed by atoms with van der Waals surface area (Å²) in [5.74, 6) is -0.926. The minimum Gasteiger partial charge on any atom is -0.308 e. The molecule has 3 aromatic rings. The van der Waals surface area contributed by atoms with E-state index < -0.39 is 17.8 Å². The molecule has 3 rings (SSSR count). The highest BCUT2D eigenvalue weighted by molar-refractivity contribution is 6.00. The molecule has 0 fully saturated rings. The Bertz CT molecular complexity index is 991. The van der Waals surface area contributed by atoms with Crippen LogP contribution in [0.25, 0.3) is 0 Å². The lowest BCUT2D eigenvalue weighted by molar-refractivity contribution is 0.0955. The van der Waals surface area contributed by atoms with Gasteiger partial charge in [0, 0.05) is 23.6 Å². The second-order valence-corrected chi connectivity index (χ2v) is 5.62. The Morgan fingerprint density at radius 2 is 1.64 bits per heavy atom. The summed E-state index contributed by atoms with van der Waals surface area (Å²) in [6, 6.07) is 15.0. The zero-order valence-electron chi connectivity index (χ0n) is 14.6. The van der Waals surface area contributed by atoms with E-state index in [0.717, 1.165) is 5.56 Å². The summed E-state index contributed by atoms with van der Waals surface area (Å²) in [4.78, 5) is 27.9. The van der Waals surface area contributed by atoms with Gasteiger partial charge in [0.25, 0.3) is 5.91 Å². The molecule has 0 spiro atoms. The normalized spacial score (nSPS) is 10.5. The Morgan fingerprint density at radius 3 is 2.36 bits per heavy atom. The van der Waals surface area contributed by atoms with Gasteiger partial charge in [-0.3, -0.25) is 9.78 Å². The standard InChI is InChI=1S/C20H16FN5O2/c21-17-3-1-2-4-18(17)25-20(28)24-16-7-5-15(6-8-16)19(27)26-23-13-14-9-11-22-12-10-14/h1-13H,(H,26,27)(H2,24,25,28)/b23-13+. The fourth-order valence-corrected chi connectivity index (χ4v) is 2.23. The van der Waals surface area contributed by atoms with Crippen molar-refractivity contribution in [2.75, 3.05) is 10.6 Å². The molecule has 0 aliphatic heterocycles. The smallest absolute Gasteiger partial charge is 0.308 e. The Hall–Kier alpha value is -4.07. The Morgan fingerprint density at radius 1 is 0.929 bits per heavy atom. The van der Waals surface area contributed by atoms with E-state index in [1.165, 1.54) is 36.5 Å². The highest BCUT2D eigenvalue weighted by Crippen LogP contribution is 2.14. The van der Waals surface area contributed by atoms with Crippen molar-refractivity contribution in [3.05, 3.63) is 90.0 Å². The maximum absolute atomic E-state index is 13.5. The van der Waals surface area contributed by atoms with Gasteiger partial charge in [0.2, 0.25) is 0 Å². The van der Waals surface area contributed by atoms with E-state index in [4.69, 9.17) is 0 Å². The van der Waals surface area contributed by atoms with Crippen molar-refractivity contribution < 1.29 is 14.0 Å². The Kier molecular flexibility index (Phi) is 6.04. The zero-order chi connectivity index (χ0) is 19.8. The van der Waals surface area contributed by atoms with E-state index in [1.807, 2.05) is 0 Å². The zero-order valence-corrected chi connectivity index (χ0v) is 14.6. The van der Waals surface area contributed by atoms with Gasteiger partial charge in [0.1, 0.15) is 5.82 Å². The summed E-state index contributed by atoms with van der Waals surface area (Å²) in [7, 11) is 0. The number of hydrogen-bond donors (Lipinski definition) is 3. The number of rotatable bonds is 5. The third-order valence-corrected chi connectivity index (χ3v) is 3.61. The summed E-state index contributed by atoms with van der Waals surface area (Å²) in [5, 5.41) is 8.85. The topological polar surface area (TPSA) is 95.5 Å². The molecule has 140 valence electrons. The van der Waals surface area contributed by atoms with Crippen LogP contribution in [0.5, 0.6) is 0 Å². The van der Waals surface area contributed by atoms with Crippen LogP contribution in [0.4, 0.5) is 20.6 Å². The molecule has 8 heteroatoms. The van der Waals surface area contributed by atoms with Crippen LogP contribution >= 0.6 is 0 Å². The molecular weight excluding hydrogens is 361 g/mol. The van der Waals surface area contributed by atoms with E-state index in [1.54, 1.807) is 42.7 Å². The van der Waals surface area contributed by atoms with Gasteiger partial charge in [-0.1, -0.05) is 12.1 Å². The van der Waals surface area contributed by atoms with Crippen LogP contribution in [0, 0.1) is 5.82 Å². The van der Waals surface area contributed by atoms with Crippen molar-refractivity contribution >= 4 is 29.5 Å². The lowest BCUT2D eigenvalue weighted by Crippen LogP contribution is -2.20. The van der Waals surface area contributed by atoms with Gasteiger partial charge in [-0.2, -0.15) is 5.10 Å². The molecule has 3 amide bonds. The average Bonchev–Trinajstić information content (AvgIpc) is 2.71. The largest absolute Gasteiger partial charge is 0.323 e. The average molecular weight is 377 g/mol. The number of carbonyl (C=O) groups is 2. The molecule has 1 aromatic heterocycles. The summed E-state index contributed by atoms with van der Waals surface area (Å²) < 4.78 is 13.5. The van der Waals surface area contributed by atoms with Gasteiger partial charge in [-0.05, 0) is 54.1 Å². The first-order valence-electron chi connectivity index (χ1n) is 8.28. The molecule has 28 heavy (non-hydrogen) atoms. The molecule has 0 atom stereocenters. The van der Waals surface area contributed by atoms with Crippen LogP contribution < -0.4 is 16.1 Å². The fourth-order valence-electron chi connectivity index (χ4n) is 2.23. The first-order chi connectivity index (χ1) is 13.6. The molecular formula is C20H16FN5O2. The van der Waals surface area contributed by atoms with E-state index >= 15 is 0 Å². The van der Waals surface area contributed by atoms with Gasteiger partial charge >= 0.3 is 6.03 Å². The molecule has 1 heterocycles. The number of benzene rings is 2. The van der Waals surface area contributed by atoms with Crippen molar-refractivity contribution in [1.29, 1.82) is 0 Å². The molecule has 0 unspecified atom stereocenters. The predicted octanol–water partition coefficient (Wildman–Crippen LogP) is 3.63. The Balaban J connectivity index is 1.54. The monoisotopic (exact) mass is 377 g/mol. The first-order valence-corrected chi connectivity index (χ1v) is 8.28. The number of hydrogen-bond acceptors (Lipinski definition) is 4. The summed E-state index contributed by atoms with van der Waals surface area (Å²) in [6.07, 6.45) is 4.75. The van der Waals surface area contributed by atoms with Crippen LogP contribution in [0.15, 0.2) is 78.2 Å². The molecule has 0 aliphatic carbocycles. The predicted molar refractivity (Wildman–Crippen MR) is 105 cm³/mol. The molecule has 7 nitrogen and oxygen atoms in total. The van der Waals surface area contributed by atoms with Crippen molar-refractivity contribution in [2.24, 2.45) is 5.10 Å². The number of aromatic nitrogens is 1. The van der Waals surface area contributed by atoms with Crippen LogP contribution in [-0.2, 0) is 0 Å². The van der Waals surface area contributed by atoms with E-state index in [2.05, 4.69) is 26.1 Å². The molecule has 0 radical (unpaired) electrons. The van der Waals surface area contributed by atoms with Crippen LogP contribution in [0.2, 0.25) is 0 Å². The number of urea groups is 1. The third kappa shape index (κ3) is 5.21. The number of para-hydroxylation sites is 1. The number of amides is 3. The minimum atomic E-state index is -0.593. The molecule has 0 aliphatic rings. The van der Waals surface area contributed by atoms with Crippen molar-refractivity contribution in [1.82, 2.24) is 10.4 Å². The Labute approximate surface area is 160 Å². The van der Waals surface area contributed by atoms with Crippen LogP contribution in [0.3, 0.4) is 0 Å². The highest BCUT2D eigenvalue weighted by atomic mass is 19.1. The van der Waals surface area contributed by atoms with Gasteiger partial charge in [0.05, 0.1) is 11.9 Å². The minimum absolute atomic E-state index is 0.0723. The third-order valence-electron chi connectivity index (χ3n) is 3.61. The lowest BCUT2D eigenvalue weighted by Gasteiger charge is -2.08. The quantitative estimate of drug-likeness (QED) is 0.468. The number of carbonyl (C=O) groups excluding carboxylic acids is 2. The van der Waals surface area contributed by atoms with Crippen LogP contribution in [-0.4, -0.2) is 23.1 Å². The van der Waals surface area contributed by atoms with Gasteiger partial charge < -0.3 is 10.6 Å². The van der Waals surface area contributed by atoms with Gasteiger partial charge in [0.15, 0.2) is 0 Å². The van der Waals surface area contributed by atoms with E-state index in [-0.39, 0.29) is 5.69 Å². The highest BCUT2D eigenvalue weighted by Gasteiger charge is 2.08. The van der Waals surface area contributed by atoms with Crippen molar-refractivity contribution in [3.63, 3.8) is 0 Å². The number of nitrogens with zero attached hydrogens (tertiary/aromatic N) is 2. The second kappa shape index (κ2) is 9.04. The van der Waals surface area contributed by atoms with E-state index in [0.29, 0.717) is 11.3 Å². The molecule has 3 N–H and O–H groups in total. The van der Waals surface area contributed by atoms with Gasteiger partial charge in [-0.25, -0.2) is 14.6 Å². The number of anilines is 2. The number of hydrazone groups is 1. The fraction of sp³-hybridized carbons (Fsp3) is 0. The van der Waals surface area contributed by atoms with Crippen LogP contribution in [0.1, 0.15) is 15.9 Å². The maximum Gasteiger partial charge on any atom is 0.323 e. The SMILES string of the molecule is O=C(Nc1ccc(C(=O)N/N=C/c2ccncc2)cc1)Nc1ccccc1F. The second-order valence-electron chi connectivity index (χ2n) is 5.62. The summed E-state index contributed by atoms with van der Waals surface area (Å²) >= 11 is 0. The van der Waals surface area contributed by atoms with Crippen molar-refractivity contribution in [3.8, 4) is 0 Å². The molecule has 0 bridgehead atoms. The summed E-state index contributed by atoms with van der Waals surface area (Å²) in [6.45, 7) is 0. The maximum atomic E-state index is 13.5. The molecule has 0 saturated heterocycles. The number of pyridine rings is 1. The number of halogens is 1. The summed E-state index contributed by atoms with van der Waals surface area (Å²) in [5.41, 5.74) is 4.11. The van der Waals surface area contributed by atoms with E-state index in [9.17, 15) is 14.0 Å². The lowest BCUT2D eigenvalue weighted by atomic mass is 10.2. The van der Waals surface area contributed by atoms with Crippen molar-refractivity contribution in [2.45, 2.75) is 0 Å². The molecule has 0 saturated carbocycles. The first kappa shape index (κ1) is 18.7.